The van der Waals surface area contributed by atoms with Crippen molar-refractivity contribution in [3.05, 3.63) is 87.9 Å². The topological polar surface area (TPSA) is 96.4 Å². The fourth-order valence-electron chi connectivity index (χ4n) is 3.72. The lowest BCUT2D eigenvalue weighted by Crippen LogP contribution is -2.24. The van der Waals surface area contributed by atoms with Crippen LogP contribution in [0.1, 0.15) is 33.8 Å². The number of rotatable bonds is 5. The molecule has 4 rings (SSSR count). The third-order valence-corrected chi connectivity index (χ3v) is 5.66. The van der Waals surface area contributed by atoms with Crippen LogP contribution in [0.15, 0.2) is 54.6 Å². The van der Waals surface area contributed by atoms with E-state index >= 15 is 0 Å². The first-order chi connectivity index (χ1) is 15.8. The maximum Gasteiger partial charge on any atom is 0.248 e. The van der Waals surface area contributed by atoms with Crippen LogP contribution in [0.4, 0.5) is 14.5 Å². The van der Waals surface area contributed by atoms with Crippen molar-refractivity contribution in [1.82, 2.24) is 0 Å². The number of hydrogen-bond acceptors (Lipinski definition) is 4. The van der Waals surface area contributed by atoms with Crippen LogP contribution in [0.2, 0.25) is 5.02 Å². The van der Waals surface area contributed by atoms with E-state index in [1.54, 1.807) is 53.4 Å². The van der Waals surface area contributed by atoms with Crippen LogP contribution >= 0.6 is 11.6 Å². The van der Waals surface area contributed by atoms with Gasteiger partial charge >= 0.3 is 0 Å². The van der Waals surface area contributed by atoms with Gasteiger partial charge in [0.1, 0.15) is 29.0 Å². The van der Waals surface area contributed by atoms with Crippen LogP contribution in [0.25, 0.3) is 0 Å². The number of anilines is 1. The van der Waals surface area contributed by atoms with E-state index in [9.17, 15) is 23.6 Å². The van der Waals surface area contributed by atoms with Gasteiger partial charge in [-0.25, -0.2) is 8.78 Å². The average molecular weight is 468 g/mol. The lowest BCUT2D eigenvalue weighted by molar-refractivity contribution is -0.117. The smallest absolute Gasteiger partial charge is 0.248 e. The first kappa shape index (κ1) is 22.2. The second-order valence-corrected chi connectivity index (χ2v) is 7.89. The molecule has 1 aliphatic rings. The molecule has 6 nitrogen and oxygen atoms in total. The van der Waals surface area contributed by atoms with Gasteiger partial charge in [0.25, 0.3) is 0 Å². The monoisotopic (exact) mass is 467 g/mol. The van der Waals surface area contributed by atoms with E-state index in [2.05, 4.69) is 0 Å². The molecule has 166 valence electrons. The molecule has 1 aliphatic heterocycles. The van der Waals surface area contributed by atoms with Gasteiger partial charge in [-0.05, 0) is 35.9 Å². The Hall–Kier alpha value is -3.96. The van der Waals surface area contributed by atoms with Gasteiger partial charge < -0.3 is 15.4 Å². The van der Waals surface area contributed by atoms with Crippen molar-refractivity contribution in [3.8, 4) is 17.6 Å². The number of carbonyl (C=O) groups excluding carboxylic acids is 2. The molecule has 3 aromatic carbocycles. The minimum absolute atomic E-state index is 0.0947. The average Bonchev–Trinajstić information content (AvgIpc) is 3.16. The van der Waals surface area contributed by atoms with E-state index < -0.39 is 23.1 Å². The Morgan fingerprint density at radius 1 is 1.15 bits per heavy atom. The largest absolute Gasteiger partial charge is 0.454 e. The first-order valence-corrected chi connectivity index (χ1v) is 10.2. The van der Waals surface area contributed by atoms with Crippen molar-refractivity contribution >= 4 is 29.1 Å². The number of nitriles is 1. The summed E-state index contributed by atoms with van der Waals surface area (Å²) < 4.78 is 33.2. The fraction of sp³-hybridized carbons (Fsp3) is 0.125. The van der Waals surface area contributed by atoms with Gasteiger partial charge in [0, 0.05) is 42.3 Å². The summed E-state index contributed by atoms with van der Waals surface area (Å²) in [7, 11) is 0. The number of primary amides is 1. The fourth-order valence-corrected chi connectivity index (χ4v) is 3.87. The quantitative estimate of drug-likeness (QED) is 0.577. The van der Waals surface area contributed by atoms with E-state index in [1.807, 2.05) is 0 Å². The highest BCUT2D eigenvalue weighted by atomic mass is 35.5. The third-order valence-electron chi connectivity index (χ3n) is 5.34. The molecule has 1 saturated heterocycles. The number of benzene rings is 3. The van der Waals surface area contributed by atoms with Crippen molar-refractivity contribution < 1.29 is 23.1 Å². The molecule has 0 spiro atoms. The third kappa shape index (κ3) is 4.49. The number of nitrogens with two attached hydrogens (primary N) is 1. The van der Waals surface area contributed by atoms with E-state index in [0.29, 0.717) is 29.4 Å². The van der Waals surface area contributed by atoms with E-state index in [-0.39, 0.29) is 34.8 Å². The van der Waals surface area contributed by atoms with Crippen molar-refractivity contribution in [2.45, 2.75) is 12.3 Å². The molecule has 0 radical (unpaired) electrons. The van der Waals surface area contributed by atoms with Crippen molar-refractivity contribution in [1.29, 1.82) is 5.26 Å². The second-order valence-electron chi connectivity index (χ2n) is 7.48. The molecule has 1 atom stereocenters. The highest BCUT2D eigenvalue weighted by Crippen LogP contribution is 2.38. The Bertz CT molecular complexity index is 1320. The van der Waals surface area contributed by atoms with Crippen LogP contribution in [-0.4, -0.2) is 18.4 Å². The Labute approximate surface area is 192 Å². The molecule has 0 unspecified atom stereocenters. The molecule has 0 saturated carbocycles. The van der Waals surface area contributed by atoms with Gasteiger partial charge in [-0.2, -0.15) is 5.26 Å². The molecular formula is C24H16ClF2N3O3. The number of nitrogens with zero attached hydrogens (tertiary/aromatic N) is 2. The summed E-state index contributed by atoms with van der Waals surface area (Å²) in [5.74, 6) is -3.12. The molecule has 1 heterocycles. The Kier molecular flexibility index (Phi) is 5.99. The molecule has 9 heteroatoms. The minimum atomic E-state index is -1.05. The zero-order valence-electron chi connectivity index (χ0n) is 17.0. The highest BCUT2D eigenvalue weighted by molar-refractivity contribution is 6.32. The first-order valence-electron chi connectivity index (χ1n) is 9.83. The molecule has 3 aromatic rings. The normalized spacial score (nSPS) is 15.4. The molecule has 2 amide bonds. The lowest BCUT2D eigenvalue weighted by Gasteiger charge is -2.18. The Morgan fingerprint density at radius 2 is 1.94 bits per heavy atom. The molecule has 0 aliphatic carbocycles. The van der Waals surface area contributed by atoms with E-state index in [0.717, 1.165) is 6.07 Å². The number of ether oxygens (including phenoxy) is 1. The van der Waals surface area contributed by atoms with Gasteiger partial charge in [-0.3, -0.25) is 9.59 Å². The Balaban J connectivity index is 1.61. The van der Waals surface area contributed by atoms with Crippen LogP contribution in [0.5, 0.6) is 11.5 Å². The number of carbonyl (C=O) groups is 2. The standard InChI is InChI=1S/C24H16ClF2N3O3/c25-19-5-4-13(7-22(19)33-21-10-16(26)9-20(27)18(21)11-28)15-8-23(31)30(12-15)17-3-1-2-14(6-17)24(29)32/h1-7,9-10,15H,8,12H2,(H2,29,32)/t15-/m0/s1. The summed E-state index contributed by atoms with van der Waals surface area (Å²) in [5, 5.41) is 9.36. The van der Waals surface area contributed by atoms with Crippen molar-refractivity contribution in [2.75, 3.05) is 11.4 Å². The molecular weight excluding hydrogens is 452 g/mol. The van der Waals surface area contributed by atoms with E-state index in [4.69, 9.17) is 22.1 Å². The summed E-state index contributed by atoms with van der Waals surface area (Å²) in [6, 6.07) is 14.5. The maximum atomic E-state index is 13.9. The van der Waals surface area contributed by atoms with Gasteiger partial charge in [0.15, 0.2) is 5.75 Å². The van der Waals surface area contributed by atoms with E-state index in [1.165, 1.54) is 0 Å². The Morgan fingerprint density at radius 3 is 2.67 bits per heavy atom. The zero-order chi connectivity index (χ0) is 23.7. The summed E-state index contributed by atoms with van der Waals surface area (Å²) in [6.07, 6.45) is 0.194. The molecule has 2 N–H and O–H groups in total. The zero-order valence-corrected chi connectivity index (χ0v) is 17.8. The van der Waals surface area contributed by atoms with Gasteiger partial charge in [-0.15, -0.1) is 0 Å². The summed E-state index contributed by atoms with van der Waals surface area (Å²) in [5.41, 5.74) is 6.44. The van der Waals surface area contributed by atoms with Crippen molar-refractivity contribution in [2.24, 2.45) is 5.73 Å². The SMILES string of the molecule is N#Cc1c(F)cc(F)cc1Oc1cc([C@H]2CC(=O)N(c3cccc(C(N)=O)c3)C2)ccc1Cl. The maximum absolute atomic E-state index is 13.9. The minimum Gasteiger partial charge on any atom is -0.454 e. The molecule has 0 aromatic heterocycles. The molecule has 0 bridgehead atoms. The van der Waals surface area contributed by atoms with Crippen LogP contribution in [0.3, 0.4) is 0 Å². The predicted octanol–water partition coefficient (Wildman–Crippen LogP) is 4.90. The van der Waals surface area contributed by atoms with Gasteiger partial charge in [-0.1, -0.05) is 23.7 Å². The summed E-state index contributed by atoms with van der Waals surface area (Å²) in [6.45, 7) is 0.333. The van der Waals surface area contributed by atoms with Crippen molar-refractivity contribution in [3.63, 3.8) is 0 Å². The molecule has 33 heavy (non-hydrogen) atoms. The van der Waals surface area contributed by atoms with Gasteiger partial charge in [0.2, 0.25) is 11.8 Å². The highest BCUT2D eigenvalue weighted by Gasteiger charge is 2.32. The molecule has 1 fully saturated rings. The number of hydrogen-bond donors (Lipinski definition) is 1. The predicted molar refractivity (Wildman–Crippen MR) is 117 cm³/mol. The summed E-state index contributed by atoms with van der Waals surface area (Å²) >= 11 is 6.21. The summed E-state index contributed by atoms with van der Waals surface area (Å²) in [4.78, 5) is 25.7. The number of halogens is 3. The van der Waals surface area contributed by atoms with Gasteiger partial charge in [0.05, 0.1) is 5.02 Å². The second kappa shape index (κ2) is 8.88. The lowest BCUT2D eigenvalue weighted by atomic mass is 9.98. The number of amides is 2. The van der Waals surface area contributed by atoms with Crippen LogP contribution in [-0.2, 0) is 4.79 Å². The van der Waals surface area contributed by atoms with Crippen LogP contribution in [0, 0.1) is 23.0 Å². The van der Waals surface area contributed by atoms with Crippen LogP contribution < -0.4 is 15.4 Å².